The Kier molecular flexibility index (Phi) is 2.90. The van der Waals surface area contributed by atoms with Crippen LogP contribution in [0.3, 0.4) is 0 Å². The monoisotopic (exact) mass is 327 g/mol. The van der Waals surface area contributed by atoms with Crippen LogP contribution in [0.15, 0.2) is 60.7 Å². The summed E-state index contributed by atoms with van der Waals surface area (Å²) < 4.78 is 0. The van der Waals surface area contributed by atoms with Crippen LogP contribution in [-0.4, -0.2) is 13.7 Å². The van der Waals surface area contributed by atoms with Crippen LogP contribution in [-0.2, 0) is 0 Å². The van der Waals surface area contributed by atoms with E-state index in [0.717, 1.165) is 6.67 Å². The van der Waals surface area contributed by atoms with Crippen LogP contribution < -0.4 is 14.7 Å². The van der Waals surface area contributed by atoms with Crippen LogP contribution in [0, 0.1) is 13.8 Å². The van der Waals surface area contributed by atoms with Gasteiger partial charge < -0.3 is 14.7 Å². The lowest BCUT2D eigenvalue weighted by Crippen LogP contribution is -2.29. The first-order valence-electron chi connectivity index (χ1n) is 8.74. The molecule has 25 heavy (non-hydrogen) atoms. The van der Waals surface area contributed by atoms with E-state index in [0.29, 0.717) is 0 Å². The largest absolute Gasteiger partial charge is 0.341 e. The predicted octanol–water partition coefficient (Wildman–Crippen LogP) is 5.63. The molecule has 0 fully saturated rings. The lowest BCUT2D eigenvalue weighted by molar-refractivity contribution is 0.967. The van der Waals surface area contributed by atoms with Crippen LogP contribution in [0.1, 0.15) is 11.1 Å². The molecule has 3 nitrogen and oxygen atoms in total. The quantitative estimate of drug-likeness (QED) is 0.573. The molecule has 3 aromatic rings. The van der Waals surface area contributed by atoms with Crippen LogP contribution >= 0.6 is 0 Å². The maximum Gasteiger partial charge on any atom is 0.100 e. The van der Waals surface area contributed by atoms with Crippen molar-refractivity contribution < 1.29 is 0 Å². The molecule has 3 aromatic carbocycles. The van der Waals surface area contributed by atoms with Crippen molar-refractivity contribution in [1.82, 2.24) is 0 Å². The Bertz CT molecular complexity index is 972. The van der Waals surface area contributed by atoms with Crippen LogP contribution in [0.2, 0.25) is 0 Å². The molecule has 5 rings (SSSR count). The number of fused-ring (bicyclic) bond motifs is 2. The van der Waals surface area contributed by atoms with E-state index < -0.39 is 0 Å². The van der Waals surface area contributed by atoms with Gasteiger partial charge in [-0.15, -0.1) is 0 Å². The molecule has 0 amide bonds. The maximum atomic E-state index is 2.46. The van der Waals surface area contributed by atoms with Gasteiger partial charge in [-0.25, -0.2) is 0 Å². The van der Waals surface area contributed by atoms with E-state index >= 15 is 0 Å². The second-order valence-corrected chi connectivity index (χ2v) is 6.93. The van der Waals surface area contributed by atoms with Gasteiger partial charge in [0.25, 0.3) is 0 Å². The molecule has 124 valence electrons. The van der Waals surface area contributed by atoms with Gasteiger partial charge in [-0.3, -0.25) is 0 Å². The van der Waals surface area contributed by atoms with Crippen molar-refractivity contribution in [3.05, 3.63) is 71.8 Å². The number of hydrogen-bond acceptors (Lipinski definition) is 3. The Morgan fingerprint density at radius 1 is 0.600 bits per heavy atom. The van der Waals surface area contributed by atoms with Crippen LogP contribution in [0.25, 0.3) is 0 Å². The van der Waals surface area contributed by atoms with Crippen molar-refractivity contribution >= 4 is 34.1 Å². The number of hydrogen-bond donors (Lipinski definition) is 0. The van der Waals surface area contributed by atoms with Gasteiger partial charge in [-0.05, 0) is 49.2 Å². The number of para-hydroxylation sites is 4. The summed E-state index contributed by atoms with van der Waals surface area (Å²) >= 11 is 0. The molecule has 0 radical (unpaired) electrons. The van der Waals surface area contributed by atoms with Gasteiger partial charge in [-0.1, -0.05) is 36.4 Å². The van der Waals surface area contributed by atoms with Crippen LogP contribution in [0.5, 0.6) is 0 Å². The number of nitrogens with zero attached hydrogens (tertiary/aromatic N) is 3. The third-order valence-electron chi connectivity index (χ3n) is 5.44. The second-order valence-electron chi connectivity index (χ2n) is 6.93. The van der Waals surface area contributed by atoms with Gasteiger partial charge in [0.15, 0.2) is 0 Å². The van der Waals surface area contributed by atoms with Crippen molar-refractivity contribution in [2.45, 2.75) is 13.8 Å². The molecule has 0 spiro atoms. The zero-order valence-corrected chi connectivity index (χ0v) is 14.8. The Morgan fingerprint density at radius 3 is 1.92 bits per heavy atom. The lowest BCUT2D eigenvalue weighted by atomic mass is 10.1. The molecule has 2 heterocycles. The molecule has 0 saturated heterocycles. The fourth-order valence-electron chi connectivity index (χ4n) is 4.30. The summed E-state index contributed by atoms with van der Waals surface area (Å²) in [6, 6.07) is 21.8. The number of benzene rings is 3. The Labute approximate surface area is 148 Å². The average Bonchev–Trinajstić information content (AvgIpc) is 3.00. The first-order chi connectivity index (χ1) is 12.2. The molecular weight excluding hydrogens is 306 g/mol. The average molecular weight is 327 g/mol. The molecular formula is C22H21N3. The summed E-state index contributed by atoms with van der Waals surface area (Å²) in [6.45, 7) is 5.26. The van der Waals surface area contributed by atoms with Gasteiger partial charge in [0.1, 0.15) is 6.67 Å². The van der Waals surface area contributed by atoms with E-state index in [1.807, 2.05) is 0 Å². The van der Waals surface area contributed by atoms with E-state index in [1.54, 1.807) is 0 Å². The SMILES string of the molecule is Cc1cccc(C)c1N1CN2c3ccccc3N(C)c3cccc1c32. The molecule has 0 aromatic heterocycles. The summed E-state index contributed by atoms with van der Waals surface area (Å²) in [5.74, 6) is 0. The standard InChI is InChI=1S/C22H21N3/c1-15-8-6-9-16(2)21(15)25-14-24-18-11-5-4-10-17(18)23(3)19-12-7-13-20(25)22(19)24/h4-13H,14H2,1-3H3. The fourth-order valence-corrected chi connectivity index (χ4v) is 4.30. The van der Waals surface area contributed by atoms with Crippen LogP contribution in [0.4, 0.5) is 34.1 Å². The molecule has 0 N–H and O–H groups in total. The third kappa shape index (κ3) is 1.86. The number of aryl methyl sites for hydroxylation is 2. The normalized spacial score (nSPS) is 14.6. The van der Waals surface area contributed by atoms with E-state index in [1.165, 1.54) is 45.3 Å². The number of anilines is 6. The zero-order valence-electron chi connectivity index (χ0n) is 14.8. The molecule has 0 atom stereocenters. The Morgan fingerprint density at radius 2 is 1.16 bits per heavy atom. The molecule has 2 aliphatic heterocycles. The van der Waals surface area contributed by atoms with Crippen molar-refractivity contribution in [2.75, 3.05) is 28.4 Å². The molecule has 3 heteroatoms. The van der Waals surface area contributed by atoms with E-state index in [-0.39, 0.29) is 0 Å². The minimum atomic E-state index is 0.850. The second kappa shape index (κ2) is 5.03. The summed E-state index contributed by atoms with van der Waals surface area (Å²) in [6.07, 6.45) is 0. The van der Waals surface area contributed by atoms with E-state index in [2.05, 4.69) is 96.3 Å². The highest BCUT2D eigenvalue weighted by Gasteiger charge is 2.36. The highest BCUT2D eigenvalue weighted by Crippen LogP contribution is 2.56. The maximum absolute atomic E-state index is 2.46. The first-order valence-corrected chi connectivity index (χ1v) is 8.74. The van der Waals surface area contributed by atoms with Crippen molar-refractivity contribution in [3.63, 3.8) is 0 Å². The summed E-state index contributed by atoms with van der Waals surface area (Å²) in [5.41, 5.74) is 10.4. The van der Waals surface area contributed by atoms with Gasteiger partial charge in [0.05, 0.1) is 28.4 Å². The van der Waals surface area contributed by atoms with Crippen molar-refractivity contribution in [3.8, 4) is 0 Å². The van der Waals surface area contributed by atoms with Gasteiger partial charge in [0.2, 0.25) is 0 Å². The molecule has 0 unspecified atom stereocenters. The summed E-state index contributed by atoms with van der Waals surface area (Å²) in [4.78, 5) is 7.21. The first kappa shape index (κ1) is 14.4. The third-order valence-corrected chi connectivity index (χ3v) is 5.44. The van der Waals surface area contributed by atoms with Gasteiger partial charge in [-0.2, -0.15) is 0 Å². The summed E-state index contributed by atoms with van der Waals surface area (Å²) in [5, 5.41) is 0. The summed E-state index contributed by atoms with van der Waals surface area (Å²) in [7, 11) is 2.16. The number of rotatable bonds is 1. The topological polar surface area (TPSA) is 9.72 Å². The lowest BCUT2D eigenvalue weighted by Gasteiger charge is -2.35. The Hall–Kier alpha value is -2.94. The van der Waals surface area contributed by atoms with Gasteiger partial charge in [0, 0.05) is 12.7 Å². The highest BCUT2D eigenvalue weighted by atomic mass is 15.4. The minimum absolute atomic E-state index is 0.850. The van der Waals surface area contributed by atoms with Crippen molar-refractivity contribution in [1.29, 1.82) is 0 Å². The minimum Gasteiger partial charge on any atom is -0.341 e. The molecule has 0 aliphatic carbocycles. The van der Waals surface area contributed by atoms with E-state index in [9.17, 15) is 0 Å². The predicted molar refractivity (Wildman–Crippen MR) is 106 cm³/mol. The smallest absolute Gasteiger partial charge is 0.100 e. The van der Waals surface area contributed by atoms with Gasteiger partial charge >= 0.3 is 0 Å². The molecule has 0 bridgehead atoms. The fraction of sp³-hybridized carbons (Fsp3) is 0.182. The zero-order chi connectivity index (χ0) is 17.1. The molecule has 2 aliphatic rings. The highest BCUT2D eigenvalue weighted by molar-refractivity contribution is 6.02. The van der Waals surface area contributed by atoms with E-state index in [4.69, 9.17) is 0 Å². The van der Waals surface area contributed by atoms with Crippen molar-refractivity contribution in [2.24, 2.45) is 0 Å². The molecule has 0 saturated carbocycles. The Balaban J connectivity index is 1.76.